The van der Waals surface area contributed by atoms with Gasteiger partial charge in [-0.2, -0.15) is 0 Å². The highest BCUT2D eigenvalue weighted by molar-refractivity contribution is 5.14. The molecular weight excluding hydrogens is 198 g/mol. The molecule has 0 radical (unpaired) electrons. The minimum atomic E-state index is 0.344. The van der Waals surface area contributed by atoms with Gasteiger partial charge in [0.05, 0.1) is 0 Å². The first-order chi connectivity index (χ1) is 7.88. The molecular formula is C14H21NO. The molecule has 1 N–H and O–H groups in total. The number of benzene rings is 1. The second-order valence-electron chi connectivity index (χ2n) is 4.70. The number of aliphatic hydroxyl groups excluding tert-OH is 1. The van der Waals surface area contributed by atoms with Crippen molar-refractivity contribution in [2.45, 2.75) is 19.3 Å². The minimum absolute atomic E-state index is 0.344. The molecule has 0 spiro atoms. The molecule has 0 aliphatic carbocycles. The molecule has 1 aromatic rings. The molecule has 1 aliphatic heterocycles. The topological polar surface area (TPSA) is 23.5 Å². The van der Waals surface area contributed by atoms with Gasteiger partial charge in [0.15, 0.2) is 0 Å². The van der Waals surface area contributed by atoms with Crippen LogP contribution in [0.2, 0.25) is 0 Å². The van der Waals surface area contributed by atoms with Crippen molar-refractivity contribution < 1.29 is 5.11 Å². The van der Waals surface area contributed by atoms with Crippen molar-refractivity contribution in [2.75, 3.05) is 26.2 Å². The van der Waals surface area contributed by atoms with Gasteiger partial charge < -0.3 is 10.0 Å². The Hall–Kier alpha value is -0.860. The summed E-state index contributed by atoms with van der Waals surface area (Å²) in [4.78, 5) is 2.52. The summed E-state index contributed by atoms with van der Waals surface area (Å²) in [6.45, 7) is 3.88. The van der Waals surface area contributed by atoms with E-state index < -0.39 is 0 Å². The van der Waals surface area contributed by atoms with Crippen LogP contribution in [0.4, 0.5) is 0 Å². The molecule has 2 nitrogen and oxygen atoms in total. The SMILES string of the molecule is OCCC1CCN(CCc2ccccc2)C1. The molecule has 2 heteroatoms. The summed E-state index contributed by atoms with van der Waals surface area (Å²) >= 11 is 0. The van der Waals surface area contributed by atoms with E-state index in [-0.39, 0.29) is 0 Å². The van der Waals surface area contributed by atoms with E-state index >= 15 is 0 Å². The van der Waals surface area contributed by atoms with Crippen LogP contribution in [0.15, 0.2) is 30.3 Å². The predicted octanol–water partition coefficient (Wildman–Crippen LogP) is 1.93. The average molecular weight is 219 g/mol. The monoisotopic (exact) mass is 219 g/mol. The van der Waals surface area contributed by atoms with E-state index in [1.54, 1.807) is 0 Å². The van der Waals surface area contributed by atoms with Crippen LogP contribution in [0.5, 0.6) is 0 Å². The smallest absolute Gasteiger partial charge is 0.0434 e. The minimum Gasteiger partial charge on any atom is -0.396 e. The summed E-state index contributed by atoms with van der Waals surface area (Å²) < 4.78 is 0. The molecule has 0 bridgehead atoms. The molecule has 1 saturated heterocycles. The molecule has 88 valence electrons. The lowest BCUT2D eigenvalue weighted by Gasteiger charge is -2.15. The van der Waals surface area contributed by atoms with Crippen molar-refractivity contribution in [3.63, 3.8) is 0 Å². The fraction of sp³-hybridized carbons (Fsp3) is 0.571. The maximum Gasteiger partial charge on any atom is 0.0434 e. The second kappa shape index (κ2) is 6.02. The standard InChI is InChI=1S/C14H21NO/c16-11-8-14-7-10-15(12-14)9-6-13-4-2-1-3-5-13/h1-5,14,16H,6-12H2. The van der Waals surface area contributed by atoms with Gasteiger partial charge in [-0.25, -0.2) is 0 Å². The average Bonchev–Trinajstić information content (AvgIpc) is 2.76. The lowest BCUT2D eigenvalue weighted by Crippen LogP contribution is -2.23. The molecule has 1 unspecified atom stereocenters. The van der Waals surface area contributed by atoms with Gasteiger partial charge in [-0.3, -0.25) is 0 Å². The number of nitrogens with zero attached hydrogens (tertiary/aromatic N) is 1. The fourth-order valence-corrected chi connectivity index (χ4v) is 2.47. The third-order valence-electron chi connectivity index (χ3n) is 3.47. The third kappa shape index (κ3) is 3.32. The normalized spacial score (nSPS) is 21.4. The highest BCUT2D eigenvalue weighted by Crippen LogP contribution is 2.19. The van der Waals surface area contributed by atoms with Crippen molar-refractivity contribution in [3.8, 4) is 0 Å². The first-order valence-corrected chi connectivity index (χ1v) is 6.25. The highest BCUT2D eigenvalue weighted by Gasteiger charge is 2.21. The largest absolute Gasteiger partial charge is 0.396 e. The predicted molar refractivity (Wildman–Crippen MR) is 66.4 cm³/mol. The maximum absolute atomic E-state index is 8.90. The van der Waals surface area contributed by atoms with E-state index in [0.29, 0.717) is 6.61 Å². The zero-order valence-electron chi connectivity index (χ0n) is 9.81. The molecule has 1 aliphatic rings. The zero-order valence-corrected chi connectivity index (χ0v) is 9.81. The van der Waals surface area contributed by atoms with Crippen LogP contribution < -0.4 is 0 Å². The van der Waals surface area contributed by atoms with E-state index in [2.05, 4.69) is 35.2 Å². The van der Waals surface area contributed by atoms with Crippen LogP contribution >= 0.6 is 0 Å². The summed E-state index contributed by atoms with van der Waals surface area (Å²) in [6, 6.07) is 10.7. The first kappa shape index (κ1) is 11.6. The van der Waals surface area contributed by atoms with Gasteiger partial charge in [-0.15, -0.1) is 0 Å². The first-order valence-electron chi connectivity index (χ1n) is 6.25. The molecule has 1 atom stereocenters. The highest BCUT2D eigenvalue weighted by atomic mass is 16.3. The number of likely N-dealkylation sites (tertiary alicyclic amines) is 1. The Labute approximate surface area is 97.9 Å². The van der Waals surface area contributed by atoms with Gasteiger partial charge in [0.2, 0.25) is 0 Å². The molecule has 0 saturated carbocycles. The molecule has 2 rings (SSSR count). The van der Waals surface area contributed by atoms with Gasteiger partial charge in [0, 0.05) is 19.7 Å². The van der Waals surface area contributed by atoms with Crippen molar-refractivity contribution in [1.82, 2.24) is 4.90 Å². The molecule has 0 amide bonds. The van der Waals surface area contributed by atoms with Gasteiger partial charge in [-0.1, -0.05) is 30.3 Å². The summed E-state index contributed by atoms with van der Waals surface area (Å²) in [5.74, 6) is 0.723. The summed E-state index contributed by atoms with van der Waals surface area (Å²) in [6.07, 6.45) is 3.38. The van der Waals surface area contributed by atoms with Crippen LogP contribution in [0.25, 0.3) is 0 Å². The van der Waals surface area contributed by atoms with E-state index in [1.165, 1.54) is 25.1 Å². The second-order valence-corrected chi connectivity index (χ2v) is 4.70. The Morgan fingerprint density at radius 2 is 2.06 bits per heavy atom. The van der Waals surface area contributed by atoms with Gasteiger partial charge >= 0.3 is 0 Å². The molecule has 0 aromatic heterocycles. The maximum atomic E-state index is 8.90. The van der Waals surface area contributed by atoms with Crippen LogP contribution in [0.3, 0.4) is 0 Å². The molecule has 1 heterocycles. The van der Waals surface area contributed by atoms with E-state index in [0.717, 1.165) is 25.3 Å². The number of hydrogen-bond acceptors (Lipinski definition) is 2. The third-order valence-corrected chi connectivity index (χ3v) is 3.47. The van der Waals surface area contributed by atoms with Crippen molar-refractivity contribution in [1.29, 1.82) is 0 Å². The van der Waals surface area contributed by atoms with Crippen LogP contribution in [0.1, 0.15) is 18.4 Å². The summed E-state index contributed by atoms with van der Waals surface area (Å²) in [5, 5.41) is 8.90. The van der Waals surface area contributed by atoms with Crippen LogP contribution in [-0.4, -0.2) is 36.2 Å². The Bertz CT molecular complexity index is 299. The van der Waals surface area contributed by atoms with Crippen LogP contribution in [0, 0.1) is 5.92 Å². The summed E-state index contributed by atoms with van der Waals surface area (Å²) in [5.41, 5.74) is 1.42. The molecule has 16 heavy (non-hydrogen) atoms. The molecule has 1 aromatic carbocycles. The van der Waals surface area contributed by atoms with Crippen molar-refractivity contribution in [2.24, 2.45) is 5.92 Å². The van der Waals surface area contributed by atoms with E-state index in [4.69, 9.17) is 5.11 Å². The fourth-order valence-electron chi connectivity index (χ4n) is 2.47. The van der Waals surface area contributed by atoms with E-state index in [1.807, 2.05) is 0 Å². The zero-order chi connectivity index (χ0) is 11.2. The van der Waals surface area contributed by atoms with Crippen molar-refractivity contribution >= 4 is 0 Å². The Morgan fingerprint density at radius 3 is 2.81 bits per heavy atom. The Kier molecular flexibility index (Phi) is 4.37. The van der Waals surface area contributed by atoms with E-state index in [9.17, 15) is 0 Å². The van der Waals surface area contributed by atoms with Crippen molar-refractivity contribution in [3.05, 3.63) is 35.9 Å². The van der Waals surface area contributed by atoms with Crippen LogP contribution in [-0.2, 0) is 6.42 Å². The quantitative estimate of drug-likeness (QED) is 0.818. The van der Waals surface area contributed by atoms with Gasteiger partial charge in [-0.05, 0) is 37.3 Å². The van der Waals surface area contributed by atoms with Gasteiger partial charge in [0.1, 0.15) is 0 Å². The lowest BCUT2D eigenvalue weighted by molar-refractivity contribution is 0.251. The number of hydrogen-bond donors (Lipinski definition) is 1. The van der Waals surface area contributed by atoms with Gasteiger partial charge in [0.25, 0.3) is 0 Å². The lowest BCUT2D eigenvalue weighted by atomic mass is 10.1. The Balaban J connectivity index is 1.72. The number of rotatable bonds is 5. The summed E-state index contributed by atoms with van der Waals surface area (Å²) in [7, 11) is 0. The number of aliphatic hydroxyl groups is 1. The Morgan fingerprint density at radius 1 is 1.25 bits per heavy atom. The molecule has 1 fully saturated rings.